The summed E-state index contributed by atoms with van der Waals surface area (Å²) in [6, 6.07) is 1.28. The summed E-state index contributed by atoms with van der Waals surface area (Å²) in [7, 11) is 2.08. The second-order valence-corrected chi connectivity index (χ2v) is 6.40. The van der Waals surface area contributed by atoms with Gasteiger partial charge in [-0.2, -0.15) is 0 Å². The van der Waals surface area contributed by atoms with Gasteiger partial charge in [0.2, 0.25) is 5.91 Å². The molecule has 2 saturated carbocycles. The number of hydrogen-bond acceptors (Lipinski definition) is 3. The van der Waals surface area contributed by atoms with Crippen molar-refractivity contribution in [3.8, 4) is 0 Å². The van der Waals surface area contributed by atoms with Crippen molar-refractivity contribution in [1.82, 2.24) is 10.2 Å². The van der Waals surface area contributed by atoms with Gasteiger partial charge >= 0.3 is 0 Å². The van der Waals surface area contributed by atoms with E-state index in [4.69, 9.17) is 5.73 Å². The number of hydrogen-bond donors (Lipinski definition) is 2. The maximum atomic E-state index is 12.3. The summed E-state index contributed by atoms with van der Waals surface area (Å²) in [6.45, 7) is 2.03. The van der Waals surface area contributed by atoms with Crippen molar-refractivity contribution in [2.45, 2.75) is 82.5 Å². The molecular formula is C15H29N3O. The van der Waals surface area contributed by atoms with Gasteiger partial charge < -0.3 is 11.1 Å². The number of carbonyl (C=O) groups is 1. The zero-order valence-electron chi connectivity index (χ0n) is 12.4. The van der Waals surface area contributed by atoms with E-state index in [-0.39, 0.29) is 11.9 Å². The molecule has 2 fully saturated rings. The molecule has 2 rings (SSSR count). The van der Waals surface area contributed by atoms with Crippen molar-refractivity contribution in [3.05, 3.63) is 0 Å². The van der Waals surface area contributed by atoms with Gasteiger partial charge in [0.25, 0.3) is 0 Å². The van der Waals surface area contributed by atoms with Gasteiger partial charge in [-0.25, -0.2) is 0 Å². The Labute approximate surface area is 117 Å². The Bertz CT molecular complexity index is 294. The fourth-order valence-corrected chi connectivity index (χ4v) is 3.40. The number of amides is 1. The molecule has 0 aromatic heterocycles. The highest BCUT2D eigenvalue weighted by atomic mass is 16.2. The third-order valence-electron chi connectivity index (χ3n) is 5.01. The first-order valence-electron chi connectivity index (χ1n) is 7.86. The standard InChI is InChI=1S/C15H29N3O/c1-11(15(19)17-13-5-3-4-6-13)18(2)14-9-7-12(16)8-10-14/h11-14H,3-10,16H2,1-2H3,(H,17,19). The molecule has 3 N–H and O–H groups in total. The lowest BCUT2D eigenvalue weighted by Crippen LogP contribution is -2.51. The highest BCUT2D eigenvalue weighted by molar-refractivity contribution is 5.81. The fourth-order valence-electron chi connectivity index (χ4n) is 3.40. The Morgan fingerprint density at radius 1 is 1.16 bits per heavy atom. The van der Waals surface area contributed by atoms with Crippen LogP contribution in [0.3, 0.4) is 0 Å². The molecule has 1 amide bonds. The first kappa shape index (κ1) is 14.8. The molecule has 0 aliphatic heterocycles. The van der Waals surface area contributed by atoms with Gasteiger partial charge in [0.15, 0.2) is 0 Å². The van der Waals surface area contributed by atoms with E-state index < -0.39 is 0 Å². The molecule has 4 heteroatoms. The SMILES string of the molecule is CC(C(=O)NC1CCCC1)N(C)C1CCC(N)CC1. The van der Waals surface area contributed by atoms with E-state index in [1.54, 1.807) is 0 Å². The Kier molecular flexibility index (Phi) is 5.22. The van der Waals surface area contributed by atoms with E-state index in [0.717, 1.165) is 38.5 Å². The molecule has 0 aromatic rings. The van der Waals surface area contributed by atoms with Crippen LogP contribution in [0.15, 0.2) is 0 Å². The monoisotopic (exact) mass is 267 g/mol. The molecule has 110 valence electrons. The van der Waals surface area contributed by atoms with E-state index >= 15 is 0 Å². The molecule has 1 unspecified atom stereocenters. The third-order valence-corrected chi connectivity index (χ3v) is 5.01. The summed E-state index contributed by atoms with van der Waals surface area (Å²) >= 11 is 0. The molecule has 19 heavy (non-hydrogen) atoms. The fraction of sp³-hybridized carbons (Fsp3) is 0.933. The Morgan fingerprint density at radius 3 is 2.32 bits per heavy atom. The zero-order chi connectivity index (χ0) is 13.8. The van der Waals surface area contributed by atoms with E-state index in [1.165, 1.54) is 12.8 Å². The van der Waals surface area contributed by atoms with Crippen LogP contribution in [-0.4, -0.2) is 42.0 Å². The van der Waals surface area contributed by atoms with Crippen LogP contribution >= 0.6 is 0 Å². The maximum absolute atomic E-state index is 12.3. The predicted octanol–water partition coefficient (Wildman–Crippen LogP) is 1.64. The highest BCUT2D eigenvalue weighted by Gasteiger charge is 2.29. The van der Waals surface area contributed by atoms with Crippen molar-refractivity contribution < 1.29 is 4.79 Å². The molecular weight excluding hydrogens is 238 g/mol. The normalized spacial score (nSPS) is 30.5. The van der Waals surface area contributed by atoms with Crippen molar-refractivity contribution in [3.63, 3.8) is 0 Å². The van der Waals surface area contributed by atoms with Crippen LogP contribution < -0.4 is 11.1 Å². The molecule has 0 bridgehead atoms. The minimum absolute atomic E-state index is 0.0278. The number of rotatable bonds is 4. The van der Waals surface area contributed by atoms with E-state index in [2.05, 4.69) is 17.3 Å². The minimum Gasteiger partial charge on any atom is -0.352 e. The number of nitrogens with one attached hydrogen (secondary N) is 1. The van der Waals surface area contributed by atoms with Gasteiger partial charge in [0.1, 0.15) is 0 Å². The summed E-state index contributed by atoms with van der Waals surface area (Å²) in [5.41, 5.74) is 5.94. The average Bonchev–Trinajstić information content (AvgIpc) is 2.90. The van der Waals surface area contributed by atoms with Crippen LogP contribution in [-0.2, 0) is 4.79 Å². The van der Waals surface area contributed by atoms with Crippen LogP contribution in [0, 0.1) is 0 Å². The third kappa shape index (κ3) is 3.93. The molecule has 0 radical (unpaired) electrons. The van der Waals surface area contributed by atoms with Crippen LogP contribution in [0.2, 0.25) is 0 Å². The molecule has 0 aromatic carbocycles. The minimum atomic E-state index is -0.0278. The smallest absolute Gasteiger partial charge is 0.237 e. The van der Waals surface area contributed by atoms with E-state index in [0.29, 0.717) is 18.1 Å². The lowest BCUT2D eigenvalue weighted by Gasteiger charge is -2.36. The highest BCUT2D eigenvalue weighted by Crippen LogP contribution is 2.23. The van der Waals surface area contributed by atoms with Gasteiger partial charge in [-0.15, -0.1) is 0 Å². The molecule has 0 saturated heterocycles. The molecule has 0 spiro atoms. The molecule has 1 atom stereocenters. The van der Waals surface area contributed by atoms with Crippen LogP contribution in [0.5, 0.6) is 0 Å². The summed E-state index contributed by atoms with van der Waals surface area (Å²) in [5.74, 6) is 0.198. The first-order valence-corrected chi connectivity index (χ1v) is 7.86. The van der Waals surface area contributed by atoms with Gasteiger partial charge in [-0.05, 0) is 52.5 Å². The quantitative estimate of drug-likeness (QED) is 0.814. The van der Waals surface area contributed by atoms with Crippen molar-refractivity contribution in [2.75, 3.05) is 7.05 Å². The van der Waals surface area contributed by atoms with Crippen LogP contribution in [0.25, 0.3) is 0 Å². The summed E-state index contributed by atoms with van der Waals surface area (Å²) in [5, 5.41) is 3.20. The Balaban J connectivity index is 1.80. The van der Waals surface area contributed by atoms with Gasteiger partial charge in [-0.3, -0.25) is 9.69 Å². The van der Waals surface area contributed by atoms with Crippen LogP contribution in [0.1, 0.15) is 58.3 Å². The number of likely N-dealkylation sites (N-methyl/N-ethyl adjacent to an activating group) is 1. The maximum Gasteiger partial charge on any atom is 0.237 e. The lowest BCUT2D eigenvalue weighted by molar-refractivity contribution is -0.127. The number of carbonyl (C=O) groups excluding carboxylic acids is 1. The Hall–Kier alpha value is -0.610. The predicted molar refractivity (Wildman–Crippen MR) is 77.9 cm³/mol. The van der Waals surface area contributed by atoms with Crippen molar-refractivity contribution >= 4 is 5.91 Å². The van der Waals surface area contributed by atoms with Crippen molar-refractivity contribution in [1.29, 1.82) is 0 Å². The molecule has 0 heterocycles. The van der Waals surface area contributed by atoms with E-state index in [1.807, 2.05) is 6.92 Å². The molecule has 2 aliphatic carbocycles. The second-order valence-electron chi connectivity index (χ2n) is 6.40. The second kappa shape index (κ2) is 6.71. The lowest BCUT2D eigenvalue weighted by atomic mass is 9.90. The summed E-state index contributed by atoms with van der Waals surface area (Å²) < 4.78 is 0. The van der Waals surface area contributed by atoms with Gasteiger partial charge in [0.05, 0.1) is 6.04 Å². The summed E-state index contributed by atoms with van der Waals surface area (Å²) in [6.07, 6.45) is 9.25. The largest absolute Gasteiger partial charge is 0.352 e. The zero-order valence-corrected chi connectivity index (χ0v) is 12.4. The number of nitrogens with two attached hydrogens (primary N) is 1. The van der Waals surface area contributed by atoms with E-state index in [9.17, 15) is 4.79 Å². The number of nitrogens with zero attached hydrogens (tertiary/aromatic N) is 1. The molecule has 4 nitrogen and oxygen atoms in total. The molecule has 2 aliphatic rings. The average molecular weight is 267 g/mol. The Morgan fingerprint density at radius 2 is 1.74 bits per heavy atom. The first-order chi connectivity index (χ1) is 9.08. The van der Waals surface area contributed by atoms with Crippen LogP contribution in [0.4, 0.5) is 0 Å². The van der Waals surface area contributed by atoms with Gasteiger partial charge in [-0.1, -0.05) is 12.8 Å². The summed E-state index contributed by atoms with van der Waals surface area (Å²) in [4.78, 5) is 14.5. The van der Waals surface area contributed by atoms with Crippen molar-refractivity contribution in [2.24, 2.45) is 5.73 Å². The topological polar surface area (TPSA) is 58.4 Å². The van der Waals surface area contributed by atoms with Gasteiger partial charge in [0, 0.05) is 18.1 Å².